The van der Waals surface area contributed by atoms with Gasteiger partial charge >= 0.3 is 6.09 Å². The summed E-state index contributed by atoms with van der Waals surface area (Å²) in [5.74, 6) is 0.453. The monoisotopic (exact) mass is 431 g/mol. The maximum atomic E-state index is 13.3. The number of carbonyl (C=O) groups is 1. The summed E-state index contributed by atoms with van der Waals surface area (Å²) in [6.45, 7) is 5.67. The van der Waals surface area contributed by atoms with Crippen LogP contribution < -0.4 is 10.1 Å². The summed E-state index contributed by atoms with van der Waals surface area (Å²) in [5, 5.41) is 3.20. The van der Waals surface area contributed by atoms with Gasteiger partial charge < -0.3 is 19.8 Å². The van der Waals surface area contributed by atoms with Crippen LogP contribution >= 0.6 is 0 Å². The lowest BCUT2D eigenvalue weighted by Gasteiger charge is -2.19. The number of pyridine rings is 1. The fourth-order valence-corrected chi connectivity index (χ4v) is 4.52. The van der Waals surface area contributed by atoms with E-state index in [9.17, 15) is 13.2 Å². The number of fused-ring (bicyclic) bond motifs is 1. The van der Waals surface area contributed by atoms with Gasteiger partial charge in [-0.1, -0.05) is 6.07 Å². The summed E-state index contributed by atoms with van der Waals surface area (Å²) in [5.41, 5.74) is 0.746. The Bertz CT molecular complexity index is 1160. The van der Waals surface area contributed by atoms with E-state index in [2.05, 4.69) is 15.3 Å². The molecule has 2 heterocycles. The molecule has 0 aliphatic carbocycles. The number of benzene rings is 1. The topological polar surface area (TPSA) is 110 Å². The minimum Gasteiger partial charge on any atom is -0.497 e. The highest BCUT2D eigenvalue weighted by atomic mass is 32.2. The maximum Gasteiger partial charge on any atom is 0.407 e. The molecule has 0 bridgehead atoms. The Labute approximate surface area is 175 Å². The molecule has 0 fully saturated rings. The standard InChI is InChI=1S/C21H25N3O5S/c1-21(2,3)24-20(25)29-11-9-14-13-23-19-18(14)17(8-10-22-19)30(26,27)16-7-5-6-15(12-16)28-4/h5-8,10,12-13H,9,11H2,1-4H3,(H,22,23)(H,24,25). The van der Waals surface area contributed by atoms with Gasteiger partial charge in [-0.2, -0.15) is 0 Å². The number of hydrogen-bond acceptors (Lipinski definition) is 6. The Morgan fingerprint density at radius 2 is 2.00 bits per heavy atom. The molecule has 0 unspecified atom stereocenters. The molecule has 160 valence electrons. The van der Waals surface area contributed by atoms with Crippen molar-refractivity contribution < 1.29 is 22.7 Å². The highest BCUT2D eigenvalue weighted by Crippen LogP contribution is 2.31. The largest absolute Gasteiger partial charge is 0.497 e. The number of aromatic amines is 1. The summed E-state index contributed by atoms with van der Waals surface area (Å²) >= 11 is 0. The average Bonchev–Trinajstić information content (AvgIpc) is 3.10. The predicted octanol–water partition coefficient (Wildman–Crippen LogP) is 3.47. The van der Waals surface area contributed by atoms with Gasteiger partial charge in [-0.3, -0.25) is 0 Å². The number of rotatable bonds is 6. The van der Waals surface area contributed by atoms with Crippen LogP contribution in [-0.2, 0) is 21.0 Å². The van der Waals surface area contributed by atoms with Gasteiger partial charge in [-0.15, -0.1) is 0 Å². The summed E-state index contributed by atoms with van der Waals surface area (Å²) in [7, 11) is -2.33. The fourth-order valence-electron chi connectivity index (χ4n) is 3.00. The van der Waals surface area contributed by atoms with E-state index in [0.717, 1.165) is 0 Å². The van der Waals surface area contributed by atoms with Crippen molar-refractivity contribution in [2.75, 3.05) is 13.7 Å². The fraction of sp³-hybridized carbons (Fsp3) is 0.333. The van der Waals surface area contributed by atoms with Gasteiger partial charge in [0.25, 0.3) is 0 Å². The first kappa shape index (κ1) is 21.6. The third-order valence-electron chi connectivity index (χ3n) is 4.34. The third-order valence-corrected chi connectivity index (χ3v) is 6.13. The van der Waals surface area contributed by atoms with E-state index < -0.39 is 21.5 Å². The molecule has 8 nitrogen and oxygen atoms in total. The lowest BCUT2D eigenvalue weighted by molar-refractivity contribution is 0.139. The molecular formula is C21H25N3O5S. The summed E-state index contributed by atoms with van der Waals surface area (Å²) in [4.78, 5) is 19.3. The molecule has 1 amide bonds. The minimum absolute atomic E-state index is 0.0996. The van der Waals surface area contributed by atoms with Crippen molar-refractivity contribution in [3.8, 4) is 5.75 Å². The zero-order chi connectivity index (χ0) is 21.9. The number of sulfone groups is 1. The Balaban J connectivity index is 1.90. The molecule has 3 aromatic rings. The van der Waals surface area contributed by atoms with Crippen LogP contribution in [0.2, 0.25) is 0 Å². The quantitative estimate of drug-likeness (QED) is 0.618. The second-order valence-corrected chi connectivity index (χ2v) is 9.71. The SMILES string of the molecule is COc1cccc(S(=O)(=O)c2ccnc3[nH]cc(CCOC(=O)NC(C)(C)C)c23)c1. The zero-order valence-corrected chi connectivity index (χ0v) is 18.2. The first-order valence-electron chi connectivity index (χ1n) is 9.41. The van der Waals surface area contributed by atoms with Gasteiger partial charge in [0.05, 0.1) is 23.5 Å². The molecule has 0 saturated carbocycles. The highest BCUT2D eigenvalue weighted by molar-refractivity contribution is 7.91. The van der Waals surface area contributed by atoms with Crippen molar-refractivity contribution in [3.05, 3.63) is 48.3 Å². The second-order valence-electron chi connectivity index (χ2n) is 7.79. The van der Waals surface area contributed by atoms with E-state index in [4.69, 9.17) is 9.47 Å². The van der Waals surface area contributed by atoms with Crippen molar-refractivity contribution in [2.45, 2.75) is 42.5 Å². The van der Waals surface area contributed by atoms with Crippen LogP contribution in [0.5, 0.6) is 5.75 Å². The van der Waals surface area contributed by atoms with Gasteiger partial charge in [-0.05, 0) is 50.6 Å². The lowest BCUT2D eigenvalue weighted by atomic mass is 10.1. The van der Waals surface area contributed by atoms with Crippen molar-refractivity contribution in [3.63, 3.8) is 0 Å². The molecule has 2 N–H and O–H groups in total. The molecule has 0 saturated heterocycles. The number of aromatic nitrogens is 2. The molecule has 2 aromatic heterocycles. The van der Waals surface area contributed by atoms with Gasteiger partial charge in [0.1, 0.15) is 11.4 Å². The molecule has 3 rings (SSSR count). The molecule has 0 spiro atoms. The van der Waals surface area contributed by atoms with Crippen LogP contribution in [0, 0.1) is 0 Å². The summed E-state index contributed by atoms with van der Waals surface area (Å²) in [6, 6.07) is 7.79. The van der Waals surface area contributed by atoms with Crippen LogP contribution in [-0.4, -0.2) is 43.7 Å². The molecule has 0 atom stereocenters. The van der Waals surface area contributed by atoms with E-state index in [-0.39, 0.29) is 16.4 Å². The Morgan fingerprint density at radius 3 is 2.70 bits per heavy atom. The Morgan fingerprint density at radius 1 is 1.23 bits per heavy atom. The number of hydrogen-bond donors (Lipinski definition) is 2. The molecule has 0 radical (unpaired) electrons. The van der Waals surface area contributed by atoms with E-state index in [1.165, 1.54) is 31.5 Å². The number of amides is 1. The van der Waals surface area contributed by atoms with E-state index in [1.807, 2.05) is 20.8 Å². The normalized spacial score (nSPS) is 12.0. The van der Waals surface area contributed by atoms with E-state index in [0.29, 0.717) is 28.8 Å². The van der Waals surface area contributed by atoms with E-state index in [1.54, 1.807) is 18.3 Å². The minimum atomic E-state index is -3.82. The number of alkyl carbamates (subject to hydrolysis) is 1. The highest BCUT2D eigenvalue weighted by Gasteiger charge is 2.24. The number of methoxy groups -OCH3 is 1. The van der Waals surface area contributed by atoms with Crippen molar-refractivity contribution in [2.24, 2.45) is 0 Å². The first-order valence-corrected chi connectivity index (χ1v) is 10.9. The predicted molar refractivity (Wildman–Crippen MR) is 112 cm³/mol. The molecule has 1 aromatic carbocycles. The zero-order valence-electron chi connectivity index (χ0n) is 17.4. The van der Waals surface area contributed by atoms with Crippen LogP contribution in [0.1, 0.15) is 26.3 Å². The summed E-state index contributed by atoms with van der Waals surface area (Å²) < 4.78 is 37.0. The Hall–Kier alpha value is -3.07. The smallest absolute Gasteiger partial charge is 0.407 e. The first-order chi connectivity index (χ1) is 14.1. The van der Waals surface area contributed by atoms with Crippen LogP contribution in [0.15, 0.2) is 52.5 Å². The Kier molecular flexibility index (Phi) is 6.02. The molecule has 9 heteroatoms. The van der Waals surface area contributed by atoms with Crippen molar-refractivity contribution in [1.29, 1.82) is 0 Å². The number of ether oxygens (including phenoxy) is 2. The average molecular weight is 432 g/mol. The van der Waals surface area contributed by atoms with Crippen LogP contribution in [0.3, 0.4) is 0 Å². The van der Waals surface area contributed by atoms with Crippen LogP contribution in [0.25, 0.3) is 11.0 Å². The second kappa shape index (κ2) is 8.35. The number of nitrogens with one attached hydrogen (secondary N) is 2. The van der Waals surface area contributed by atoms with Gasteiger partial charge in [-0.25, -0.2) is 18.2 Å². The van der Waals surface area contributed by atoms with Crippen molar-refractivity contribution >= 4 is 27.0 Å². The van der Waals surface area contributed by atoms with E-state index >= 15 is 0 Å². The summed E-state index contributed by atoms with van der Waals surface area (Å²) in [6.07, 6.45) is 2.95. The van der Waals surface area contributed by atoms with Crippen molar-refractivity contribution in [1.82, 2.24) is 15.3 Å². The van der Waals surface area contributed by atoms with Gasteiger partial charge in [0.15, 0.2) is 0 Å². The molecule has 0 aliphatic heterocycles. The van der Waals surface area contributed by atoms with Gasteiger partial charge in [0, 0.05) is 29.7 Å². The molecular weight excluding hydrogens is 406 g/mol. The van der Waals surface area contributed by atoms with Crippen LogP contribution in [0.4, 0.5) is 4.79 Å². The maximum absolute atomic E-state index is 13.3. The number of H-pyrrole nitrogens is 1. The lowest BCUT2D eigenvalue weighted by Crippen LogP contribution is -2.41. The van der Waals surface area contributed by atoms with Gasteiger partial charge in [0.2, 0.25) is 9.84 Å². The molecule has 0 aliphatic rings. The number of carbonyl (C=O) groups excluding carboxylic acids is 1. The third kappa shape index (κ3) is 4.73. The molecule has 30 heavy (non-hydrogen) atoms. The number of nitrogens with zero attached hydrogens (tertiary/aromatic N) is 1.